The summed E-state index contributed by atoms with van der Waals surface area (Å²) in [6.45, 7) is 7.76. The van der Waals surface area contributed by atoms with Gasteiger partial charge in [-0.15, -0.1) is 0 Å². The molecule has 0 bridgehead atoms. The Hall–Kier alpha value is -3.29. The number of benzene rings is 2. The summed E-state index contributed by atoms with van der Waals surface area (Å²) in [5.41, 5.74) is 0.264. The summed E-state index contributed by atoms with van der Waals surface area (Å²) in [6.07, 6.45) is -4.70. The van der Waals surface area contributed by atoms with E-state index in [2.05, 4.69) is 5.32 Å². The van der Waals surface area contributed by atoms with Gasteiger partial charge >= 0.3 is 11.8 Å². The number of halogens is 3. The van der Waals surface area contributed by atoms with Crippen molar-refractivity contribution in [3.8, 4) is 5.75 Å². The maximum absolute atomic E-state index is 13.2. The predicted molar refractivity (Wildman–Crippen MR) is 116 cm³/mol. The van der Waals surface area contributed by atoms with Gasteiger partial charge in [0.1, 0.15) is 11.3 Å². The molecule has 3 rings (SSSR count). The fraction of sp³-hybridized carbons (Fsp3) is 0.333. The molecule has 1 heterocycles. The van der Waals surface area contributed by atoms with E-state index in [0.29, 0.717) is 6.07 Å². The molecule has 0 saturated carbocycles. The number of ether oxygens (including phenoxy) is 1. The molecule has 1 aromatic heterocycles. The van der Waals surface area contributed by atoms with Crippen LogP contribution in [0.25, 0.3) is 11.0 Å². The Bertz CT molecular complexity index is 1170. The first kappa shape index (κ1) is 23.4. The molecular weight excluding hydrogens is 423 g/mol. The fourth-order valence-corrected chi connectivity index (χ4v) is 3.49. The molecule has 0 radical (unpaired) electrons. The minimum absolute atomic E-state index is 0.108. The predicted octanol–water partition coefficient (Wildman–Crippen LogP) is 6.08. The quantitative estimate of drug-likeness (QED) is 0.465. The number of anilines is 1. The van der Waals surface area contributed by atoms with Gasteiger partial charge in [0.15, 0.2) is 6.61 Å². The summed E-state index contributed by atoms with van der Waals surface area (Å²) in [5, 5.41) is 2.64. The second kappa shape index (κ2) is 9.06. The average molecular weight is 447 g/mol. The number of fused-ring (bicyclic) bond motifs is 1. The van der Waals surface area contributed by atoms with Crippen LogP contribution in [0.2, 0.25) is 0 Å². The maximum Gasteiger partial charge on any atom is 0.417 e. The molecule has 0 atom stereocenters. The largest absolute Gasteiger partial charge is 0.484 e. The molecule has 2 aromatic carbocycles. The summed E-state index contributed by atoms with van der Waals surface area (Å²) >= 11 is 0. The molecule has 8 heteroatoms. The van der Waals surface area contributed by atoms with Crippen LogP contribution in [0.1, 0.15) is 56.2 Å². The van der Waals surface area contributed by atoms with Gasteiger partial charge in [-0.05, 0) is 35.1 Å². The number of amides is 1. The van der Waals surface area contributed by atoms with E-state index in [4.69, 9.17) is 9.15 Å². The smallest absolute Gasteiger partial charge is 0.417 e. The molecule has 32 heavy (non-hydrogen) atoms. The van der Waals surface area contributed by atoms with Crippen LogP contribution in [0.3, 0.4) is 0 Å². The van der Waals surface area contributed by atoms with Crippen LogP contribution in [0.4, 0.5) is 18.9 Å². The third-order valence-electron chi connectivity index (χ3n) is 5.03. The molecule has 0 spiro atoms. The molecule has 0 aliphatic heterocycles. The molecule has 3 aromatic rings. The topological polar surface area (TPSA) is 68.5 Å². The summed E-state index contributed by atoms with van der Waals surface area (Å²) in [5.74, 6) is 0.0780. The van der Waals surface area contributed by atoms with E-state index >= 15 is 0 Å². The number of carbonyl (C=O) groups is 1. The third kappa shape index (κ3) is 5.12. The SMILES string of the molecule is CC(C)c1cccc(C(C)C)c1NC(=O)COc1ccc2c(C(F)(F)F)cc(=O)oc2c1. The first-order valence-electron chi connectivity index (χ1n) is 10.2. The minimum Gasteiger partial charge on any atom is -0.484 e. The Kier molecular flexibility index (Phi) is 6.62. The zero-order valence-electron chi connectivity index (χ0n) is 18.2. The number of hydrogen-bond acceptors (Lipinski definition) is 4. The zero-order valence-corrected chi connectivity index (χ0v) is 18.2. The van der Waals surface area contributed by atoms with Gasteiger partial charge in [0.05, 0.1) is 5.56 Å². The number of rotatable bonds is 6. The van der Waals surface area contributed by atoms with Crippen molar-refractivity contribution < 1.29 is 27.1 Å². The first-order valence-corrected chi connectivity index (χ1v) is 10.2. The van der Waals surface area contributed by atoms with Crippen molar-refractivity contribution in [2.24, 2.45) is 0 Å². The van der Waals surface area contributed by atoms with Crippen molar-refractivity contribution in [2.75, 3.05) is 11.9 Å². The van der Waals surface area contributed by atoms with Crippen molar-refractivity contribution in [3.05, 3.63) is 69.6 Å². The summed E-state index contributed by atoms with van der Waals surface area (Å²) in [4.78, 5) is 24.1. The molecular formula is C24H24F3NO4. The van der Waals surface area contributed by atoms with E-state index in [-0.39, 0.29) is 35.2 Å². The normalized spacial score (nSPS) is 11.9. The fourth-order valence-electron chi connectivity index (χ4n) is 3.49. The van der Waals surface area contributed by atoms with Gasteiger partial charge < -0.3 is 14.5 Å². The number of carbonyl (C=O) groups excluding carboxylic acids is 1. The lowest BCUT2D eigenvalue weighted by molar-refractivity contribution is -0.136. The van der Waals surface area contributed by atoms with E-state index in [1.165, 1.54) is 12.1 Å². The van der Waals surface area contributed by atoms with Crippen LogP contribution in [0.15, 0.2) is 51.7 Å². The number of para-hydroxylation sites is 1. The van der Waals surface area contributed by atoms with E-state index in [9.17, 15) is 22.8 Å². The summed E-state index contributed by atoms with van der Waals surface area (Å²) in [6, 6.07) is 9.89. The number of alkyl halides is 3. The second-order valence-corrected chi connectivity index (χ2v) is 8.09. The standard InChI is InChI=1S/C24H24F3NO4/c1-13(2)16-6-5-7-17(14(3)4)23(16)28-21(29)12-31-15-8-9-18-19(24(25,26)27)11-22(30)32-20(18)10-15/h5-11,13-14H,12H2,1-4H3,(H,28,29). The van der Waals surface area contributed by atoms with E-state index in [1.54, 1.807) is 0 Å². The number of nitrogens with one attached hydrogen (secondary N) is 1. The van der Waals surface area contributed by atoms with E-state index in [1.807, 2.05) is 45.9 Å². The monoisotopic (exact) mass is 447 g/mol. The van der Waals surface area contributed by atoms with Crippen molar-refractivity contribution in [1.82, 2.24) is 0 Å². The lowest BCUT2D eigenvalue weighted by Gasteiger charge is -2.20. The van der Waals surface area contributed by atoms with Crippen molar-refractivity contribution in [3.63, 3.8) is 0 Å². The average Bonchev–Trinajstić information content (AvgIpc) is 2.70. The highest BCUT2D eigenvalue weighted by Crippen LogP contribution is 2.35. The van der Waals surface area contributed by atoms with Crippen LogP contribution < -0.4 is 15.7 Å². The van der Waals surface area contributed by atoms with Crippen molar-refractivity contribution in [2.45, 2.75) is 45.7 Å². The Morgan fingerprint density at radius 3 is 2.22 bits per heavy atom. The molecule has 0 aliphatic rings. The molecule has 5 nitrogen and oxygen atoms in total. The molecule has 0 unspecified atom stereocenters. The van der Waals surface area contributed by atoms with Gasteiger partial charge in [-0.25, -0.2) is 4.79 Å². The van der Waals surface area contributed by atoms with Gasteiger partial charge in [-0.3, -0.25) is 4.79 Å². The Labute approximate surface area is 183 Å². The molecule has 0 aliphatic carbocycles. The van der Waals surface area contributed by atoms with Crippen LogP contribution in [-0.4, -0.2) is 12.5 Å². The highest BCUT2D eigenvalue weighted by molar-refractivity contribution is 5.94. The van der Waals surface area contributed by atoms with E-state index < -0.39 is 23.3 Å². The van der Waals surface area contributed by atoms with Crippen LogP contribution in [0, 0.1) is 0 Å². The van der Waals surface area contributed by atoms with Gasteiger partial charge in [-0.1, -0.05) is 45.9 Å². The van der Waals surface area contributed by atoms with Crippen LogP contribution >= 0.6 is 0 Å². The molecule has 170 valence electrons. The maximum atomic E-state index is 13.2. The first-order chi connectivity index (χ1) is 15.0. The van der Waals surface area contributed by atoms with Crippen LogP contribution in [-0.2, 0) is 11.0 Å². The second-order valence-electron chi connectivity index (χ2n) is 8.09. The molecule has 0 fully saturated rings. The Balaban J connectivity index is 1.81. The van der Waals surface area contributed by atoms with Gasteiger partial charge in [0.25, 0.3) is 5.91 Å². The van der Waals surface area contributed by atoms with Crippen molar-refractivity contribution >= 4 is 22.6 Å². The molecule has 1 N–H and O–H groups in total. The zero-order chi connectivity index (χ0) is 23.6. The third-order valence-corrected chi connectivity index (χ3v) is 5.03. The lowest BCUT2D eigenvalue weighted by Crippen LogP contribution is -2.22. The van der Waals surface area contributed by atoms with Gasteiger partial charge in [0.2, 0.25) is 0 Å². The van der Waals surface area contributed by atoms with Gasteiger partial charge in [-0.2, -0.15) is 13.2 Å². The highest BCUT2D eigenvalue weighted by Gasteiger charge is 2.33. The van der Waals surface area contributed by atoms with E-state index in [0.717, 1.165) is 22.9 Å². The highest BCUT2D eigenvalue weighted by atomic mass is 19.4. The Morgan fingerprint density at radius 1 is 1.03 bits per heavy atom. The Morgan fingerprint density at radius 2 is 1.66 bits per heavy atom. The molecule has 0 saturated heterocycles. The lowest BCUT2D eigenvalue weighted by atomic mass is 9.92. The van der Waals surface area contributed by atoms with Crippen LogP contribution in [0.5, 0.6) is 5.75 Å². The summed E-state index contributed by atoms with van der Waals surface area (Å²) < 4.78 is 49.9. The van der Waals surface area contributed by atoms with Gasteiger partial charge in [0, 0.05) is 23.2 Å². The minimum atomic E-state index is -4.70. The summed E-state index contributed by atoms with van der Waals surface area (Å²) in [7, 11) is 0. The number of hydrogen-bond donors (Lipinski definition) is 1. The molecule has 1 amide bonds. The van der Waals surface area contributed by atoms with Crippen molar-refractivity contribution in [1.29, 1.82) is 0 Å².